The third kappa shape index (κ3) is 3.99. The summed E-state index contributed by atoms with van der Waals surface area (Å²) in [5.74, 6) is 2.48. The minimum absolute atomic E-state index is 0.108. The molecule has 4 rings (SSSR count). The van der Waals surface area contributed by atoms with Gasteiger partial charge in [0, 0.05) is 19.6 Å². The number of rotatable bonds is 4. The minimum Gasteiger partial charge on any atom is -0.342 e. The quantitative estimate of drug-likeness (QED) is 0.822. The Hall–Kier alpha value is -1.73. The van der Waals surface area contributed by atoms with Gasteiger partial charge in [-0.3, -0.25) is 9.69 Å². The molecule has 26 heavy (non-hydrogen) atoms. The van der Waals surface area contributed by atoms with Gasteiger partial charge < -0.3 is 9.42 Å². The average molecular weight is 375 g/mol. The van der Waals surface area contributed by atoms with E-state index in [0.717, 1.165) is 62.7 Å². The summed E-state index contributed by atoms with van der Waals surface area (Å²) in [6.45, 7) is 6.52. The lowest BCUT2D eigenvalue weighted by molar-refractivity contribution is -0.138. The van der Waals surface area contributed by atoms with E-state index in [1.807, 2.05) is 17.5 Å². The van der Waals surface area contributed by atoms with E-state index in [0.29, 0.717) is 24.2 Å². The molecule has 0 spiro atoms. The van der Waals surface area contributed by atoms with E-state index in [1.54, 1.807) is 11.3 Å². The highest BCUT2D eigenvalue weighted by atomic mass is 32.1. The first-order valence-electron chi connectivity index (χ1n) is 9.56. The number of likely N-dealkylation sites (tertiary alicyclic amines) is 2. The summed E-state index contributed by atoms with van der Waals surface area (Å²) in [5, 5.41) is 6.09. The maximum Gasteiger partial charge on any atom is 0.241 e. The number of nitrogens with zero attached hydrogens (tertiary/aromatic N) is 4. The summed E-state index contributed by atoms with van der Waals surface area (Å²) in [5.41, 5.74) is 0. The molecular weight excluding hydrogens is 348 g/mol. The fourth-order valence-corrected chi connectivity index (χ4v) is 4.55. The Morgan fingerprint density at radius 1 is 1.31 bits per heavy atom. The molecule has 7 heteroatoms. The van der Waals surface area contributed by atoms with Crippen molar-refractivity contribution in [1.29, 1.82) is 0 Å². The predicted molar refractivity (Wildman–Crippen MR) is 101 cm³/mol. The van der Waals surface area contributed by atoms with Gasteiger partial charge in [0.2, 0.25) is 17.6 Å². The second kappa shape index (κ2) is 7.88. The van der Waals surface area contributed by atoms with Crippen LogP contribution in [0.2, 0.25) is 0 Å². The average Bonchev–Trinajstić information content (AvgIpc) is 3.34. The molecule has 0 radical (unpaired) electrons. The number of carbonyl (C=O) groups is 1. The predicted octanol–water partition coefficient (Wildman–Crippen LogP) is 3.27. The Labute approximate surface area is 158 Å². The summed E-state index contributed by atoms with van der Waals surface area (Å²) < 4.78 is 5.42. The highest BCUT2D eigenvalue weighted by Gasteiger charge is 2.31. The molecule has 2 fully saturated rings. The molecule has 0 aromatic carbocycles. The fourth-order valence-electron chi connectivity index (χ4n) is 3.90. The van der Waals surface area contributed by atoms with Gasteiger partial charge in [0.1, 0.15) is 0 Å². The zero-order chi connectivity index (χ0) is 17.9. The van der Waals surface area contributed by atoms with Crippen LogP contribution >= 0.6 is 11.3 Å². The third-order valence-electron chi connectivity index (χ3n) is 5.52. The topological polar surface area (TPSA) is 62.5 Å². The fraction of sp³-hybridized carbons (Fsp3) is 0.632. The molecule has 6 nitrogen and oxygen atoms in total. The summed E-state index contributed by atoms with van der Waals surface area (Å²) in [6.07, 6.45) is 4.31. The van der Waals surface area contributed by atoms with E-state index in [2.05, 4.69) is 26.9 Å². The first-order valence-corrected chi connectivity index (χ1v) is 10.4. The molecule has 1 unspecified atom stereocenters. The van der Waals surface area contributed by atoms with Crippen molar-refractivity contribution >= 4 is 17.2 Å². The molecule has 1 amide bonds. The van der Waals surface area contributed by atoms with Crippen molar-refractivity contribution in [3.8, 4) is 10.7 Å². The summed E-state index contributed by atoms with van der Waals surface area (Å²) >= 11 is 1.61. The molecule has 2 aromatic rings. The van der Waals surface area contributed by atoms with E-state index < -0.39 is 0 Å². The Kier molecular flexibility index (Phi) is 5.36. The van der Waals surface area contributed by atoms with E-state index in [-0.39, 0.29) is 5.92 Å². The monoisotopic (exact) mass is 374 g/mol. The van der Waals surface area contributed by atoms with Crippen molar-refractivity contribution in [2.24, 2.45) is 11.8 Å². The second-order valence-corrected chi connectivity index (χ2v) is 8.52. The standard InChI is InChI=1S/C19H26N4O2S/c1-14-6-9-23(10-7-14)19(24)15-4-2-8-22(12-15)13-17-20-18(21-25-17)16-5-3-11-26-16/h3,5,11,14-15H,2,4,6-10,12-13H2,1H3. The van der Waals surface area contributed by atoms with Crippen molar-refractivity contribution in [2.75, 3.05) is 26.2 Å². The molecule has 4 heterocycles. The third-order valence-corrected chi connectivity index (χ3v) is 6.38. The lowest BCUT2D eigenvalue weighted by atomic mass is 9.93. The molecule has 140 valence electrons. The van der Waals surface area contributed by atoms with E-state index in [9.17, 15) is 4.79 Å². The number of aromatic nitrogens is 2. The van der Waals surface area contributed by atoms with Gasteiger partial charge in [-0.25, -0.2) is 0 Å². The van der Waals surface area contributed by atoms with Gasteiger partial charge >= 0.3 is 0 Å². The van der Waals surface area contributed by atoms with Crippen LogP contribution in [0.4, 0.5) is 0 Å². The molecule has 0 N–H and O–H groups in total. The van der Waals surface area contributed by atoms with Crippen LogP contribution in [-0.2, 0) is 11.3 Å². The van der Waals surface area contributed by atoms with E-state index >= 15 is 0 Å². The highest BCUT2D eigenvalue weighted by molar-refractivity contribution is 7.13. The van der Waals surface area contributed by atoms with Crippen molar-refractivity contribution in [1.82, 2.24) is 19.9 Å². The van der Waals surface area contributed by atoms with Crippen LogP contribution in [0.3, 0.4) is 0 Å². The van der Waals surface area contributed by atoms with Gasteiger partial charge in [-0.15, -0.1) is 11.3 Å². The van der Waals surface area contributed by atoms with Gasteiger partial charge in [0.25, 0.3) is 0 Å². The van der Waals surface area contributed by atoms with Crippen LogP contribution < -0.4 is 0 Å². The molecule has 2 aliphatic rings. The summed E-state index contributed by atoms with van der Waals surface area (Å²) in [6, 6.07) is 3.98. The first-order chi connectivity index (χ1) is 12.7. The number of thiophene rings is 1. The number of piperidine rings is 2. The van der Waals surface area contributed by atoms with E-state index in [1.165, 1.54) is 0 Å². The van der Waals surface area contributed by atoms with Crippen LogP contribution in [-0.4, -0.2) is 52.0 Å². The molecule has 2 aliphatic heterocycles. The highest BCUT2D eigenvalue weighted by Crippen LogP contribution is 2.25. The van der Waals surface area contributed by atoms with Gasteiger partial charge in [-0.1, -0.05) is 18.1 Å². The molecule has 2 aromatic heterocycles. The number of hydrogen-bond acceptors (Lipinski definition) is 6. The summed E-state index contributed by atoms with van der Waals surface area (Å²) in [4.78, 5) is 22.8. The Bertz CT molecular complexity index is 722. The largest absolute Gasteiger partial charge is 0.342 e. The molecule has 0 aliphatic carbocycles. The maximum absolute atomic E-state index is 12.9. The maximum atomic E-state index is 12.9. The number of amides is 1. The Morgan fingerprint density at radius 3 is 2.92 bits per heavy atom. The van der Waals surface area contributed by atoms with Crippen molar-refractivity contribution in [3.63, 3.8) is 0 Å². The normalized spacial score (nSPS) is 22.7. The Morgan fingerprint density at radius 2 is 2.15 bits per heavy atom. The smallest absolute Gasteiger partial charge is 0.241 e. The SMILES string of the molecule is CC1CCN(C(=O)C2CCCN(Cc3nc(-c4cccs4)no3)C2)CC1. The van der Waals surface area contributed by atoms with Crippen LogP contribution in [0.25, 0.3) is 10.7 Å². The molecule has 2 saturated heterocycles. The second-order valence-electron chi connectivity index (χ2n) is 7.57. The minimum atomic E-state index is 0.108. The molecule has 0 bridgehead atoms. The van der Waals surface area contributed by atoms with Crippen LogP contribution in [0.15, 0.2) is 22.0 Å². The van der Waals surface area contributed by atoms with Crippen LogP contribution in [0, 0.1) is 11.8 Å². The lowest BCUT2D eigenvalue weighted by Crippen LogP contribution is -2.46. The number of hydrogen-bond donors (Lipinski definition) is 0. The van der Waals surface area contributed by atoms with Crippen molar-refractivity contribution in [2.45, 2.75) is 39.2 Å². The zero-order valence-electron chi connectivity index (χ0n) is 15.3. The van der Waals surface area contributed by atoms with Crippen molar-refractivity contribution in [3.05, 3.63) is 23.4 Å². The van der Waals surface area contributed by atoms with Crippen LogP contribution in [0.1, 0.15) is 38.5 Å². The lowest BCUT2D eigenvalue weighted by Gasteiger charge is -2.37. The molecule has 1 atom stereocenters. The van der Waals surface area contributed by atoms with E-state index in [4.69, 9.17) is 4.52 Å². The van der Waals surface area contributed by atoms with Crippen molar-refractivity contribution < 1.29 is 9.32 Å². The Balaban J connectivity index is 1.34. The van der Waals surface area contributed by atoms with Crippen LogP contribution in [0.5, 0.6) is 0 Å². The molecular formula is C19H26N4O2S. The summed E-state index contributed by atoms with van der Waals surface area (Å²) in [7, 11) is 0. The van der Waals surface area contributed by atoms with Gasteiger partial charge in [-0.05, 0) is 49.6 Å². The van der Waals surface area contributed by atoms with Gasteiger partial charge in [0.15, 0.2) is 0 Å². The zero-order valence-corrected chi connectivity index (χ0v) is 16.1. The van der Waals surface area contributed by atoms with Gasteiger partial charge in [-0.2, -0.15) is 4.98 Å². The molecule has 0 saturated carbocycles. The number of carbonyl (C=O) groups excluding carboxylic acids is 1. The van der Waals surface area contributed by atoms with Gasteiger partial charge in [0.05, 0.1) is 17.3 Å². The first kappa shape index (κ1) is 17.7.